The average molecular weight is 400 g/mol. The van der Waals surface area contributed by atoms with Crippen molar-refractivity contribution in [2.45, 2.75) is 13.5 Å². The van der Waals surface area contributed by atoms with E-state index in [4.69, 9.17) is 32.7 Å². The van der Waals surface area contributed by atoms with Crippen molar-refractivity contribution in [1.82, 2.24) is 0 Å². The SMILES string of the molecule is CCOc1cc(C=Nc2ccccc2)ccc1OCc1ccc(Cl)cc1Cl. The topological polar surface area (TPSA) is 30.8 Å². The summed E-state index contributed by atoms with van der Waals surface area (Å²) in [5.41, 5.74) is 2.69. The number of benzene rings is 3. The van der Waals surface area contributed by atoms with E-state index in [0.29, 0.717) is 34.8 Å². The molecule has 3 aromatic carbocycles. The lowest BCUT2D eigenvalue weighted by Crippen LogP contribution is -2.01. The number of halogens is 2. The smallest absolute Gasteiger partial charge is 0.161 e. The molecule has 0 aliphatic heterocycles. The molecular weight excluding hydrogens is 381 g/mol. The third-order valence-electron chi connectivity index (χ3n) is 3.78. The number of nitrogens with zero attached hydrogens (tertiary/aromatic N) is 1. The second-order valence-corrected chi connectivity index (χ2v) is 6.60. The molecule has 0 heterocycles. The molecule has 0 saturated carbocycles. The lowest BCUT2D eigenvalue weighted by molar-refractivity contribution is 0.269. The van der Waals surface area contributed by atoms with Gasteiger partial charge in [0.25, 0.3) is 0 Å². The zero-order valence-electron chi connectivity index (χ0n) is 14.9. The van der Waals surface area contributed by atoms with Crippen molar-refractivity contribution in [2.75, 3.05) is 6.61 Å². The van der Waals surface area contributed by atoms with Gasteiger partial charge in [0.05, 0.1) is 12.3 Å². The molecule has 0 aliphatic carbocycles. The molecule has 27 heavy (non-hydrogen) atoms. The summed E-state index contributed by atoms with van der Waals surface area (Å²) in [6.07, 6.45) is 1.80. The van der Waals surface area contributed by atoms with Crippen LogP contribution in [0, 0.1) is 0 Å². The largest absolute Gasteiger partial charge is 0.490 e. The highest BCUT2D eigenvalue weighted by Gasteiger charge is 2.08. The van der Waals surface area contributed by atoms with Crippen molar-refractivity contribution in [1.29, 1.82) is 0 Å². The fourth-order valence-electron chi connectivity index (χ4n) is 2.45. The van der Waals surface area contributed by atoms with Gasteiger partial charge in [-0.05, 0) is 55.0 Å². The van der Waals surface area contributed by atoms with E-state index in [9.17, 15) is 0 Å². The Bertz CT molecular complexity index is 927. The molecule has 0 unspecified atom stereocenters. The number of rotatable bonds is 7. The van der Waals surface area contributed by atoms with Crippen LogP contribution in [0.25, 0.3) is 0 Å². The quantitative estimate of drug-likeness (QED) is 0.412. The minimum atomic E-state index is 0.327. The van der Waals surface area contributed by atoms with Gasteiger partial charge in [-0.15, -0.1) is 0 Å². The van der Waals surface area contributed by atoms with Crippen molar-refractivity contribution in [2.24, 2.45) is 4.99 Å². The molecule has 0 saturated heterocycles. The fourth-order valence-corrected chi connectivity index (χ4v) is 2.91. The van der Waals surface area contributed by atoms with Crippen LogP contribution in [-0.2, 0) is 6.61 Å². The summed E-state index contributed by atoms with van der Waals surface area (Å²) in [5.74, 6) is 1.32. The van der Waals surface area contributed by atoms with Crippen LogP contribution < -0.4 is 9.47 Å². The van der Waals surface area contributed by atoms with E-state index < -0.39 is 0 Å². The van der Waals surface area contributed by atoms with Gasteiger partial charge in [0.1, 0.15) is 6.61 Å². The van der Waals surface area contributed by atoms with Crippen LogP contribution in [0.3, 0.4) is 0 Å². The number of hydrogen-bond donors (Lipinski definition) is 0. The summed E-state index contributed by atoms with van der Waals surface area (Å²) in [4.78, 5) is 4.47. The van der Waals surface area contributed by atoms with Gasteiger partial charge in [0.2, 0.25) is 0 Å². The lowest BCUT2D eigenvalue weighted by Gasteiger charge is -2.13. The van der Waals surface area contributed by atoms with Crippen molar-refractivity contribution >= 4 is 35.1 Å². The van der Waals surface area contributed by atoms with Crippen LogP contribution in [0.15, 0.2) is 71.7 Å². The molecule has 0 bridgehead atoms. The summed E-state index contributed by atoms with van der Waals surface area (Å²) in [5, 5.41) is 1.17. The molecule has 0 aromatic heterocycles. The van der Waals surface area contributed by atoms with Gasteiger partial charge < -0.3 is 9.47 Å². The molecule has 3 nitrogen and oxygen atoms in total. The van der Waals surface area contributed by atoms with Gasteiger partial charge in [-0.2, -0.15) is 0 Å². The van der Waals surface area contributed by atoms with E-state index in [2.05, 4.69) is 4.99 Å². The minimum Gasteiger partial charge on any atom is -0.490 e. The molecule has 0 aliphatic rings. The van der Waals surface area contributed by atoms with Crippen molar-refractivity contribution < 1.29 is 9.47 Å². The molecule has 0 spiro atoms. The second-order valence-electron chi connectivity index (χ2n) is 5.76. The predicted octanol–water partition coefficient (Wildman–Crippen LogP) is 6.72. The monoisotopic (exact) mass is 399 g/mol. The van der Waals surface area contributed by atoms with Crippen LogP contribution in [0.1, 0.15) is 18.1 Å². The molecule has 3 rings (SSSR count). The molecule has 138 valence electrons. The molecule has 0 amide bonds. The summed E-state index contributed by atoms with van der Waals surface area (Å²) in [6.45, 7) is 2.80. The van der Waals surface area contributed by atoms with Gasteiger partial charge in [0, 0.05) is 21.8 Å². The Morgan fingerprint density at radius 2 is 1.70 bits per heavy atom. The van der Waals surface area contributed by atoms with E-state index in [1.807, 2.05) is 61.5 Å². The molecule has 0 N–H and O–H groups in total. The first-order valence-corrected chi connectivity index (χ1v) is 9.34. The normalized spacial score (nSPS) is 10.9. The standard InChI is InChI=1S/C22H19Cl2NO2/c1-2-26-22-12-16(14-25-19-6-4-3-5-7-19)8-11-21(22)27-15-17-9-10-18(23)13-20(17)24/h3-14H,2,15H2,1H3. The predicted molar refractivity (Wildman–Crippen MR) is 112 cm³/mol. The van der Waals surface area contributed by atoms with Crippen LogP contribution in [-0.4, -0.2) is 12.8 Å². The Balaban J connectivity index is 1.76. The zero-order valence-corrected chi connectivity index (χ0v) is 16.4. The maximum absolute atomic E-state index is 6.21. The van der Waals surface area contributed by atoms with Crippen molar-refractivity contribution in [3.63, 3.8) is 0 Å². The van der Waals surface area contributed by atoms with Crippen LogP contribution in [0.5, 0.6) is 11.5 Å². The Kier molecular flexibility index (Phi) is 6.74. The zero-order chi connectivity index (χ0) is 19.1. The molecule has 0 fully saturated rings. The van der Waals surface area contributed by atoms with E-state index in [1.54, 1.807) is 18.3 Å². The summed E-state index contributed by atoms with van der Waals surface area (Å²) >= 11 is 12.1. The van der Waals surface area contributed by atoms with Crippen molar-refractivity contribution in [3.05, 3.63) is 87.9 Å². The third kappa shape index (κ3) is 5.49. The van der Waals surface area contributed by atoms with E-state index in [-0.39, 0.29) is 0 Å². The average Bonchev–Trinajstić information content (AvgIpc) is 2.68. The molecular formula is C22H19Cl2NO2. The van der Waals surface area contributed by atoms with Gasteiger partial charge in [-0.3, -0.25) is 4.99 Å². The van der Waals surface area contributed by atoms with E-state index in [0.717, 1.165) is 16.8 Å². The van der Waals surface area contributed by atoms with Gasteiger partial charge in [-0.25, -0.2) is 0 Å². The highest BCUT2D eigenvalue weighted by atomic mass is 35.5. The number of para-hydroxylation sites is 1. The maximum atomic E-state index is 6.21. The molecule has 3 aromatic rings. The molecule has 5 heteroatoms. The third-order valence-corrected chi connectivity index (χ3v) is 4.37. The summed E-state index contributed by atoms with van der Waals surface area (Å²) in [7, 11) is 0. The van der Waals surface area contributed by atoms with Gasteiger partial charge in [0.15, 0.2) is 11.5 Å². The van der Waals surface area contributed by atoms with E-state index in [1.165, 1.54) is 0 Å². The Labute approximate surface area is 169 Å². The summed E-state index contributed by atoms with van der Waals surface area (Å²) in [6, 6.07) is 20.9. The highest BCUT2D eigenvalue weighted by Crippen LogP contribution is 2.30. The Hall–Kier alpha value is -2.49. The fraction of sp³-hybridized carbons (Fsp3) is 0.136. The number of ether oxygens (including phenoxy) is 2. The van der Waals surface area contributed by atoms with Crippen LogP contribution >= 0.6 is 23.2 Å². The minimum absolute atomic E-state index is 0.327. The maximum Gasteiger partial charge on any atom is 0.161 e. The van der Waals surface area contributed by atoms with E-state index >= 15 is 0 Å². The first kappa shape index (κ1) is 19.3. The summed E-state index contributed by atoms with van der Waals surface area (Å²) < 4.78 is 11.6. The first-order valence-electron chi connectivity index (χ1n) is 8.58. The number of aliphatic imine (C=N–C) groups is 1. The van der Waals surface area contributed by atoms with Gasteiger partial charge >= 0.3 is 0 Å². The lowest BCUT2D eigenvalue weighted by atomic mass is 10.2. The van der Waals surface area contributed by atoms with Crippen LogP contribution in [0.4, 0.5) is 5.69 Å². The first-order chi connectivity index (χ1) is 13.2. The highest BCUT2D eigenvalue weighted by molar-refractivity contribution is 6.35. The van der Waals surface area contributed by atoms with Crippen molar-refractivity contribution in [3.8, 4) is 11.5 Å². The molecule has 0 atom stereocenters. The molecule has 0 radical (unpaired) electrons. The Morgan fingerprint density at radius 1 is 0.889 bits per heavy atom. The van der Waals surface area contributed by atoms with Gasteiger partial charge in [-0.1, -0.05) is 47.5 Å². The second kappa shape index (κ2) is 9.45. The Morgan fingerprint density at radius 3 is 2.44 bits per heavy atom. The number of hydrogen-bond acceptors (Lipinski definition) is 3. The van der Waals surface area contributed by atoms with Crippen LogP contribution in [0.2, 0.25) is 10.0 Å².